The molecule has 0 fully saturated rings. The van der Waals surface area contributed by atoms with Gasteiger partial charge in [0.15, 0.2) is 17.5 Å². The second-order valence-corrected chi connectivity index (χ2v) is 7.65. The van der Waals surface area contributed by atoms with Crippen LogP contribution in [0.15, 0.2) is 30.3 Å². The van der Waals surface area contributed by atoms with Gasteiger partial charge in [0.1, 0.15) is 5.82 Å². The van der Waals surface area contributed by atoms with Crippen molar-refractivity contribution in [1.82, 2.24) is 15.1 Å². The average molecular weight is 459 g/mol. The van der Waals surface area contributed by atoms with Crippen molar-refractivity contribution in [2.24, 2.45) is 0 Å². The van der Waals surface area contributed by atoms with E-state index in [2.05, 4.69) is 15.7 Å². The summed E-state index contributed by atoms with van der Waals surface area (Å²) in [4.78, 5) is 0. The molecule has 2 aromatic rings. The van der Waals surface area contributed by atoms with Gasteiger partial charge in [-0.25, -0.2) is 4.68 Å². The third kappa shape index (κ3) is 4.62. The summed E-state index contributed by atoms with van der Waals surface area (Å²) in [5, 5.41) is 10.9. The molecule has 31 heavy (non-hydrogen) atoms. The van der Waals surface area contributed by atoms with Gasteiger partial charge in [0.05, 0.1) is 26.0 Å². The Morgan fingerprint density at radius 3 is 2.52 bits per heavy atom. The smallest absolute Gasteiger partial charge is 0.410 e. The lowest BCUT2D eigenvalue weighted by Crippen LogP contribution is -2.35. The van der Waals surface area contributed by atoms with E-state index in [1.54, 1.807) is 24.3 Å². The number of benzene rings is 1. The monoisotopic (exact) mass is 458 g/mol. The fraction of sp³-hybridized carbons (Fsp3) is 0.476. The van der Waals surface area contributed by atoms with E-state index >= 15 is 0 Å². The van der Waals surface area contributed by atoms with Crippen molar-refractivity contribution in [3.8, 4) is 11.5 Å². The van der Waals surface area contributed by atoms with E-state index in [0.29, 0.717) is 28.6 Å². The first-order chi connectivity index (χ1) is 14.3. The van der Waals surface area contributed by atoms with Crippen molar-refractivity contribution in [3.05, 3.63) is 41.6 Å². The summed E-state index contributed by atoms with van der Waals surface area (Å²) in [6.45, 7) is 2.79. The summed E-state index contributed by atoms with van der Waals surface area (Å²) >= 11 is 0. The number of hydrogen-bond acceptors (Lipinski definition) is 5. The van der Waals surface area contributed by atoms with Crippen molar-refractivity contribution >= 4 is 23.8 Å². The summed E-state index contributed by atoms with van der Waals surface area (Å²) in [6.07, 6.45) is -1.82. The molecule has 0 aliphatic carbocycles. The molecule has 2 aliphatic rings. The molecular formula is C21H26ClF3N4O2. The highest BCUT2D eigenvalue weighted by Crippen LogP contribution is 2.45. The Labute approximate surface area is 185 Å². The highest BCUT2D eigenvalue weighted by Gasteiger charge is 2.46. The second-order valence-electron chi connectivity index (χ2n) is 7.65. The minimum absolute atomic E-state index is 0. The van der Waals surface area contributed by atoms with Crippen LogP contribution < -0.4 is 20.1 Å². The molecule has 0 radical (unpaired) electrons. The third-order valence-corrected chi connectivity index (χ3v) is 5.64. The number of fused-ring (bicyclic) bond motifs is 1. The van der Waals surface area contributed by atoms with E-state index in [1.807, 2.05) is 13.0 Å². The SMILES string of the molecule is COc1ccc(C2CC(C(F)(F)F)n3nc(C4=CC(C)NCC4)cc3N2)cc1OC.Cl. The first-order valence-corrected chi connectivity index (χ1v) is 9.89. The van der Waals surface area contributed by atoms with Crippen LogP contribution >= 0.6 is 12.4 Å². The van der Waals surface area contributed by atoms with E-state index in [0.717, 1.165) is 23.2 Å². The van der Waals surface area contributed by atoms with Gasteiger partial charge in [-0.1, -0.05) is 12.1 Å². The minimum Gasteiger partial charge on any atom is -0.493 e. The number of anilines is 1. The Hall–Kier alpha value is -2.39. The zero-order valence-electron chi connectivity index (χ0n) is 17.5. The van der Waals surface area contributed by atoms with E-state index in [4.69, 9.17) is 9.47 Å². The predicted octanol–water partition coefficient (Wildman–Crippen LogP) is 4.75. The average Bonchev–Trinajstić information content (AvgIpc) is 3.16. The molecule has 1 aromatic heterocycles. The Balaban J connectivity index is 0.00000272. The molecule has 4 rings (SSSR count). The highest BCUT2D eigenvalue weighted by molar-refractivity contribution is 5.85. The van der Waals surface area contributed by atoms with Gasteiger partial charge in [0.2, 0.25) is 0 Å². The van der Waals surface area contributed by atoms with Crippen LogP contribution in [0, 0.1) is 0 Å². The van der Waals surface area contributed by atoms with E-state index in [9.17, 15) is 13.2 Å². The number of nitrogens with zero attached hydrogens (tertiary/aromatic N) is 2. The molecule has 0 spiro atoms. The number of methoxy groups -OCH3 is 2. The van der Waals surface area contributed by atoms with Crippen LogP contribution in [0.3, 0.4) is 0 Å². The van der Waals surface area contributed by atoms with Gasteiger partial charge in [-0.3, -0.25) is 0 Å². The molecule has 2 aliphatic heterocycles. The summed E-state index contributed by atoms with van der Waals surface area (Å²) < 4.78 is 53.4. The molecule has 6 nitrogen and oxygen atoms in total. The van der Waals surface area contributed by atoms with Gasteiger partial charge in [-0.05, 0) is 43.2 Å². The van der Waals surface area contributed by atoms with Gasteiger partial charge in [0.25, 0.3) is 0 Å². The zero-order valence-corrected chi connectivity index (χ0v) is 18.3. The Bertz CT molecular complexity index is 961. The summed E-state index contributed by atoms with van der Waals surface area (Å²) in [5.74, 6) is 1.38. The van der Waals surface area contributed by atoms with Gasteiger partial charge in [-0.2, -0.15) is 18.3 Å². The lowest BCUT2D eigenvalue weighted by molar-refractivity contribution is -0.173. The highest BCUT2D eigenvalue weighted by atomic mass is 35.5. The van der Waals surface area contributed by atoms with Crippen LogP contribution in [0.25, 0.3) is 5.57 Å². The normalized spacial score (nSPS) is 23.2. The Morgan fingerprint density at radius 2 is 1.87 bits per heavy atom. The molecule has 1 aromatic carbocycles. The standard InChI is InChI=1S/C21H25F3N4O2.ClH/c1-12-8-14(6-7-25-12)16-11-20-26-15(10-19(21(22,23)24)28(20)27-16)13-4-5-17(29-2)18(9-13)30-3;/h4-5,8-9,11-12,15,19,25-26H,6-7,10H2,1-3H3;1H. The maximum Gasteiger partial charge on any atom is 0.410 e. The number of halogens is 4. The molecule has 170 valence electrons. The predicted molar refractivity (Wildman–Crippen MR) is 115 cm³/mol. The maximum atomic E-state index is 13.9. The van der Waals surface area contributed by atoms with Crippen molar-refractivity contribution < 1.29 is 22.6 Å². The summed E-state index contributed by atoms with van der Waals surface area (Å²) in [5.41, 5.74) is 2.26. The lowest BCUT2D eigenvalue weighted by Gasteiger charge is -2.33. The molecule has 10 heteroatoms. The lowest BCUT2D eigenvalue weighted by atomic mass is 9.96. The fourth-order valence-electron chi connectivity index (χ4n) is 4.11. The van der Waals surface area contributed by atoms with Gasteiger partial charge in [-0.15, -0.1) is 12.4 Å². The molecule has 0 amide bonds. The first-order valence-electron chi connectivity index (χ1n) is 9.89. The van der Waals surface area contributed by atoms with Crippen LogP contribution in [0.2, 0.25) is 0 Å². The molecule has 0 bridgehead atoms. The number of rotatable bonds is 4. The largest absolute Gasteiger partial charge is 0.493 e. The van der Waals surface area contributed by atoms with E-state index in [-0.39, 0.29) is 24.9 Å². The fourth-order valence-corrected chi connectivity index (χ4v) is 4.11. The molecular weight excluding hydrogens is 433 g/mol. The number of nitrogens with one attached hydrogen (secondary N) is 2. The molecule has 3 atom stereocenters. The molecule has 0 saturated carbocycles. The first kappa shape index (κ1) is 23.3. The summed E-state index contributed by atoms with van der Waals surface area (Å²) in [7, 11) is 3.02. The molecule has 2 N–H and O–H groups in total. The topological polar surface area (TPSA) is 60.3 Å². The van der Waals surface area contributed by atoms with Crippen LogP contribution in [-0.2, 0) is 0 Å². The quantitative estimate of drug-likeness (QED) is 0.692. The number of ether oxygens (including phenoxy) is 2. The van der Waals surface area contributed by atoms with Crippen molar-refractivity contribution in [2.75, 3.05) is 26.1 Å². The van der Waals surface area contributed by atoms with Crippen LogP contribution in [0.5, 0.6) is 11.5 Å². The molecule has 0 saturated heterocycles. The van der Waals surface area contributed by atoms with E-state index in [1.165, 1.54) is 14.2 Å². The second kappa shape index (κ2) is 9.00. The van der Waals surface area contributed by atoms with Crippen molar-refractivity contribution in [1.29, 1.82) is 0 Å². The number of alkyl halides is 3. The zero-order chi connectivity index (χ0) is 21.5. The third-order valence-electron chi connectivity index (χ3n) is 5.64. The van der Waals surface area contributed by atoms with Crippen molar-refractivity contribution in [3.63, 3.8) is 0 Å². The summed E-state index contributed by atoms with van der Waals surface area (Å²) in [6, 6.07) is 4.82. The number of hydrogen-bond donors (Lipinski definition) is 2. The van der Waals surface area contributed by atoms with Gasteiger partial charge < -0.3 is 20.1 Å². The molecule has 3 unspecified atom stereocenters. The molecule has 3 heterocycles. The minimum atomic E-state index is -4.41. The van der Waals surface area contributed by atoms with Crippen LogP contribution in [0.4, 0.5) is 19.0 Å². The Morgan fingerprint density at radius 1 is 1.13 bits per heavy atom. The van der Waals surface area contributed by atoms with Crippen LogP contribution in [-0.4, -0.2) is 42.8 Å². The Kier molecular flexibility index (Phi) is 6.76. The van der Waals surface area contributed by atoms with E-state index < -0.39 is 18.3 Å². The maximum absolute atomic E-state index is 13.9. The van der Waals surface area contributed by atoms with Gasteiger partial charge in [0, 0.05) is 18.5 Å². The van der Waals surface area contributed by atoms with Gasteiger partial charge >= 0.3 is 6.18 Å². The van der Waals surface area contributed by atoms with Crippen LogP contribution in [0.1, 0.15) is 43.1 Å². The number of aromatic nitrogens is 2. The van der Waals surface area contributed by atoms with Crippen molar-refractivity contribution in [2.45, 2.75) is 44.1 Å².